The highest BCUT2D eigenvalue weighted by Gasteiger charge is 2.05. The van der Waals surface area contributed by atoms with Gasteiger partial charge >= 0.3 is 0 Å². The highest BCUT2D eigenvalue weighted by molar-refractivity contribution is 7.98. The zero-order valence-electron chi connectivity index (χ0n) is 10.5. The van der Waals surface area contributed by atoms with Gasteiger partial charge in [0.05, 0.1) is 5.56 Å². The molecule has 0 bridgehead atoms. The van der Waals surface area contributed by atoms with Gasteiger partial charge in [0, 0.05) is 11.4 Å². The first-order chi connectivity index (χ1) is 8.69. The quantitative estimate of drug-likeness (QED) is 0.780. The van der Waals surface area contributed by atoms with Crippen LogP contribution < -0.4 is 0 Å². The summed E-state index contributed by atoms with van der Waals surface area (Å²) in [4.78, 5) is 4.42. The Kier molecular flexibility index (Phi) is 4.01. The Hall–Kier alpha value is -1.79. The first kappa shape index (κ1) is 12.7. The van der Waals surface area contributed by atoms with Crippen molar-refractivity contribution >= 4 is 11.8 Å². The van der Waals surface area contributed by atoms with Crippen LogP contribution in [0.4, 0.5) is 0 Å². The van der Waals surface area contributed by atoms with Crippen molar-refractivity contribution in [2.45, 2.75) is 24.6 Å². The minimum absolute atomic E-state index is 0.651. The topological polar surface area (TPSA) is 36.7 Å². The van der Waals surface area contributed by atoms with Crippen LogP contribution in [-0.4, -0.2) is 4.98 Å². The lowest BCUT2D eigenvalue weighted by Crippen LogP contribution is -1.90. The van der Waals surface area contributed by atoms with E-state index in [1.165, 1.54) is 11.1 Å². The van der Waals surface area contributed by atoms with Gasteiger partial charge in [-0.2, -0.15) is 5.26 Å². The number of nitriles is 1. The summed E-state index contributed by atoms with van der Waals surface area (Å²) in [6.45, 7) is 4.03. The van der Waals surface area contributed by atoms with E-state index in [4.69, 9.17) is 5.26 Å². The molecular formula is C15H14N2S. The first-order valence-electron chi connectivity index (χ1n) is 5.75. The summed E-state index contributed by atoms with van der Waals surface area (Å²) in [5.41, 5.74) is 4.11. The van der Waals surface area contributed by atoms with E-state index >= 15 is 0 Å². The molecule has 0 unspecified atom stereocenters. The van der Waals surface area contributed by atoms with Crippen LogP contribution >= 0.6 is 11.8 Å². The van der Waals surface area contributed by atoms with Gasteiger partial charge in [0.2, 0.25) is 0 Å². The molecule has 0 saturated carbocycles. The maximum absolute atomic E-state index is 9.05. The number of benzene rings is 1. The van der Waals surface area contributed by atoms with E-state index in [9.17, 15) is 0 Å². The number of hydrogen-bond acceptors (Lipinski definition) is 3. The molecule has 1 aromatic heterocycles. The molecule has 0 aliphatic rings. The minimum Gasteiger partial charge on any atom is -0.245 e. The number of aromatic nitrogens is 1. The third kappa shape index (κ3) is 3.12. The minimum atomic E-state index is 0.651. The van der Waals surface area contributed by atoms with Crippen LogP contribution in [0.1, 0.15) is 22.4 Å². The smallest absolute Gasteiger partial charge is 0.114 e. The Morgan fingerprint density at radius 2 is 2.06 bits per heavy atom. The number of thioether (sulfide) groups is 1. The van der Waals surface area contributed by atoms with Crippen LogP contribution in [0.3, 0.4) is 0 Å². The van der Waals surface area contributed by atoms with Crippen molar-refractivity contribution in [2.75, 3.05) is 0 Å². The van der Waals surface area contributed by atoms with E-state index in [2.05, 4.69) is 42.2 Å². The molecule has 0 aliphatic carbocycles. The second-order valence-corrected chi connectivity index (χ2v) is 5.16. The number of hydrogen-bond donors (Lipinski definition) is 0. The largest absolute Gasteiger partial charge is 0.245 e. The van der Waals surface area contributed by atoms with E-state index in [1.807, 2.05) is 19.1 Å². The zero-order chi connectivity index (χ0) is 13.0. The highest BCUT2D eigenvalue weighted by Crippen LogP contribution is 2.24. The van der Waals surface area contributed by atoms with Gasteiger partial charge in [-0.3, -0.25) is 0 Å². The fourth-order valence-electron chi connectivity index (χ4n) is 1.68. The lowest BCUT2D eigenvalue weighted by molar-refractivity contribution is 1.05. The molecule has 18 heavy (non-hydrogen) atoms. The monoisotopic (exact) mass is 254 g/mol. The Labute approximate surface area is 112 Å². The van der Waals surface area contributed by atoms with Crippen molar-refractivity contribution in [1.82, 2.24) is 4.98 Å². The molecule has 90 valence electrons. The molecule has 0 radical (unpaired) electrons. The summed E-state index contributed by atoms with van der Waals surface area (Å²) >= 11 is 1.61. The second-order valence-electron chi connectivity index (χ2n) is 4.19. The summed E-state index contributed by atoms with van der Waals surface area (Å²) < 4.78 is 0. The number of pyridine rings is 1. The fraction of sp³-hybridized carbons (Fsp3) is 0.200. The van der Waals surface area contributed by atoms with Crippen molar-refractivity contribution in [3.05, 3.63) is 58.8 Å². The van der Waals surface area contributed by atoms with Gasteiger partial charge in [-0.1, -0.05) is 29.8 Å². The molecule has 0 N–H and O–H groups in total. The summed E-state index contributed by atoms with van der Waals surface area (Å²) in [7, 11) is 0. The van der Waals surface area contributed by atoms with Crippen LogP contribution in [0.15, 0.2) is 41.4 Å². The Morgan fingerprint density at radius 3 is 2.78 bits per heavy atom. The molecule has 0 spiro atoms. The van der Waals surface area contributed by atoms with E-state index in [-0.39, 0.29) is 0 Å². The van der Waals surface area contributed by atoms with Crippen molar-refractivity contribution in [3.8, 4) is 6.07 Å². The van der Waals surface area contributed by atoms with Crippen molar-refractivity contribution in [2.24, 2.45) is 0 Å². The molecule has 1 heterocycles. The van der Waals surface area contributed by atoms with Gasteiger partial charge in [0.25, 0.3) is 0 Å². The summed E-state index contributed by atoms with van der Waals surface area (Å²) in [6.07, 6.45) is 0. The molecule has 3 heteroatoms. The summed E-state index contributed by atoms with van der Waals surface area (Å²) in [5, 5.41) is 9.87. The van der Waals surface area contributed by atoms with E-state index in [0.29, 0.717) is 5.56 Å². The van der Waals surface area contributed by atoms with Crippen LogP contribution in [0, 0.1) is 25.2 Å². The number of rotatable bonds is 3. The summed E-state index contributed by atoms with van der Waals surface area (Å²) in [5.74, 6) is 0.840. The molecule has 2 rings (SSSR count). The average molecular weight is 254 g/mol. The van der Waals surface area contributed by atoms with E-state index in [0.717, 1.165) is 16.5 Å². The molecule has 2 nitrogen and oxygen atoms in total. The number of aryl methyl sites for hydroxylation is 2. The van der Waals surface area contributed by atoms with Gasteiger partial charge in [0.1, 0.15) is 11.1 Å². The molecule has 0 fully saturated rings. The van der Waals surface area contributed by atoms with Gasteiger partial charge in [-0.15, -0.1) is 11.8 Å². The SMILES string of the molecule is Cc1cccc(CSc2nc(C)ccc2C#N)c1. The Morgan fingerprint density at radius 1 is 1.22 bits per heavy atom. The van der Waals surface area contributed by atoms with Gasteiger partial charge in [-0.05, 0) is 31.5 Å². The predicted octanol–water partition coefficient (Wildman–Crippen LogP) is 3.86. The van der Waals surface area contributed by atoms with Gasteiger partial charge in [0.15, 0.2) is 0 Å². The van der Waals surface area contributed by atoms with Crippen molar-refractivity contribution in [1.29, 1.82) is 5.26 Å². The predicted molar refractivity (Wildman–Crippen MR) is 74.4 cm³/mol. The Bertz CT molecular complexity index is 600. The molecule has 0 amide bonds. The standard InChI is InChI=1S/C15H14N2S/c1-11-4-3-5-13(8-11)10-18-15-14(9-16)7-6-12(2)17-15/h3-8H,10H2,1-2H3. The molecular weight excluding hydrogens is 240 g/mol. The zero-order valence-corrected chi connectivity index (χ0v) is 11.3. The van der Waals surface area contributed by atoms with Gasteiger partial charge < -0.3 is 0 Å². The van der Waals surface area contributed by atoms with Gasteiger partial charge in [-0.25, -0.2) is 4.98 Å². The molecule has 0 saturated heterocycles. The molecule has 2 aromatic rings. The highest BCUT2D eigenvalue weighted by atomic mass is 32.2. The van der Waals surface area contributed by atoms with E-state index < -0.39 is 0 Å². The maximum Gasteiger partial charge on any atom is 0.114 e. The van der Waals surface area contributed by atoms with Crippen molar-refractivity contribution < 1.29 is 0 Å². The van der Waals surface area contributed by atoms with Crippen molar-refractivity contribution in [3.63, 3.8) is 0 Å². The van der Waals surface area contributed by atoms with Crippen LogP contribution in [0.5, 0.6) is 0 Å². The third-order valence-corrected chi connectivity index (χ3v) is 3.64. The van der Waals surface area contributed by atoms with Crippen LogP contribution in [0.25, 0.3) is 0 Å². The first-order valence-corrected chi connectivity index (χ1v) is 6.73. The molecule has 0 atom stereocenters. The number of nitrogens with zero attached hydrogens (tertiary/aromatic N) is 2. The van der Waals surface area contributed by atoms with Crippen LogP contribution in [0.2, 0.25) is 0 Å². The lowest BCUT2D eigenvalue weighted by Gasteiger charge is -2.05. The fourth-order valence-corrected chi connectivity index (χ4v) is 2.64. The maximum atomic E-state index is 9.05. The third-order valence-electron chi connectivity index (χ3n) is 2.58. The Balaban J connectivity index is 2.15. The lowest BCUT2D eigenvalue weighted by atomic mass is 10.2. The second kappa shape index (κ2) is 5.70. The summed E-state index contributed by atoms with van der Waals surface area (Å²) in [6, 6.07) is 14.3. The molecule has 1 aromatic carbocycles. The van der Waals surface area contributed by atoms with E-state index in [1.54, 1.807) is 11.8 Å². The van der Waals surface area contributed by atoms with Crippen LogP contribution in [-0.2, 0) is 5.75 Å². The average Bonchev–Trinajstić information content (AvgIpc) is 2.37. The molecule has 0 aliphatic heterocycles. The normalized spacial score (nSPS) is 10.1.